The van der Waals surface area contributed by atoms with E-state index >= 15 is 0 Å². The maximum absolute atomic E-state index is 13.5. The van der Waals surface area contributed by atoms with Crippen LogP contribution < -0.4 is 4.72 Å². The van der Waals surface area contributed by atoms with Gasteiger partial charge in [-0.25, -0.2) is 17.2 Å². The molecule has 7 heteroatoms. The van der Waals surface area contributed by atoms with Gasteiger partial charge in [0.1, 0.15) is 16.5 Å². The highest BCUT2D eigenvalue weighted by Crippen LogP contribution is 2.21. The second-order valence-electron chi connectivity index (χ2n) is 4.01. The van der Waals surface area contributed by atoms with E-state index in [0.717, 1.165) is 17.7 Å². The van der Waals surface area contributed by atoms with E-state index in [-0.39, 0.29) is 5.69 Å². The molecular formula is C13H10BrF2NO2S. The summed E-state index contributed by atoms with van der Waals surface area (Å²) in [4.78, 5) is -0.721. The number of alkyl halides is 1. The van der Waals surface area contributed by atoms with Gasteiger partial charge >= 0.3 is 0 Å². The van der Waals surface area contributed by atoms with Crippen LogP contribution in [0.2, 0.25) is 0 Å². The molecule has 0 amide bonds. The van der Waals surface area contributed by atoms with Crippen molar-refractivity contribution in [3.63, 3.8) is 0 Å². The zero-order valence-corrected chi connectivity index (χ0v) is 12.5. The molecule has 0 atom stereocenters. The SMILES string of the molecule is O=S(=O)(Nc1cccc(CBr)c1)c1cc(F)ccc1F. The number of benzene rings is 2. The standard InChI is InChI=1S/C13H10BrF2NO2S/c14-8-9-2-1-3-11(6-9)17-20(18,19)13-7-10(15)4-5-12(13)16/h1-7,17H,8H2. The zero-order chi connectivity index (χ0) is 14.8. The fraction of sp³-hybridized carbons (Fsp3) is 0.0769. The van der Waals surface area contributed by atoms with Gasteiger partial charge in [-0.1, -0.05) is 28.1 Å². The molecule has 0 fully saturated rings. The summed E-state index contributed by atoms with van der Waals surface area (Å²) in [6, 6.07) is 8.88. The van der Waals surface area contributed by atoms with E-state index in [9.17, 15) is 17.2 Å². The van der Waals surface area contributed by atoms with Crippen molar-refractivity contribution in [2.75, 3.05) is 4.72 Å². The average molecular weight is 362 g/mol. The minimum atomic E-state index is -4.17. The molecule has 0 aliphatic carbocycles. The van der Waals surface area contributed by atoms with Crippen molar-refractivity contribution in [1.29, 1.82) is 0 Å². The summed E-state index contributed by atoms with van der Waals surface area (Å²) in [6.45, 7) is 0. The van der Waals surface area contributed by atoms with Crippen LogP contribution in [0.4, 0.5) is 14.5 Å². The lowest BCUT2D eigenvalue weighted by atomic mass is 10.2. The van der Waals surface area contributed by atoms with Gasteiger partial charge in [-0.05, 0) is 35.9 Å². The number of anilines is 1. The minimum Gasteiger partial charge on any atom is -0.280 e. The molecule has 3 nitrogen and oxygen atoms in total. The summed E-state index contributed by atoms with van der Waals surface area (Å²) in [6.07, 6.45) is 0. The highest BCUT2D eigenvalue weighted by atomic mass is 79.9. The van der Waals surface area contributed by atoms with Gasteiger partial charge in [0.15, 0.2) is 0 Å². The first-order valence-electron chi connectivity index (χ1n) is 5.55. The predicted molar refractivity (Wildman–Crippen MR) is 76.2 cm³/mol. The first kappa shape index (κ1) is 14.9. The summed E-state index contributed by atoms with van der Waals surface area (Å²) in [5.74, 6) is -1.82. The third kappa shape index (κ3) is 3.34. The second-order valence-corrected chi connectivity index (χ2v) is 6.23. The van der Waals surface area contributed by atoms with Gasteiger partial charge in [-0.3, -0.25) is 4.72 Å². The Hall–Kier alpha value is -1.47. The van der Waals surface area contributed by atoms with Gasteiger partial charge in [0.05, 0.1) is 0 Å². The van der Waals surface area contributed by atoms with Crippen LogP contribution >= 0.6 is 15.9 Å². The summed E-state index contributed by atoms with van der Waals surface area (Å²) in [5.41, 5.74) is 1.13. The van der Waals surface area contributed by atoms with Crippen LogP contribution in [0, 0.1) is 11.6 Å². The Bertz CT molecular complexity index is 735. The highest BCUT2D eigenvalue weighted by Gasteiger charge is 2.20. The lowest BCUT2D eigenvalue weighted by Crippen LogP contribution is -2.15. The Kier molecular flexibility index (Phi) is 4.39. The van der Waals surface area contributed by atoms with Crippen molar-refractivity contribution in [3.05, 3.63) is 59.7 Å². The van der Waals surface area contributed by atoms with E-state index in [2.05, 4.69) is 20.7 Å². The maximum atomic E-state index is 13.5. The first-order chi connectivity index (χ1) is 9.42. The molecule has 0 bridgehead atoms. The van der Waals surface area contributed by atoms with E-state index in [0.29, 0.717) is 11.4 Å². The fourth-order valence-corrected chi connectivity index (χ4v) is 3.10. The Morgan fingerprint density at radius 3 is 2.55 bits per heavy atom. The second kappa shape index (κ2) is 5.88. The van der Waals surface area contributed by atoms with E-state index in [4.69, 9.17) is 0 Å². The topological polar surface area (TPSA) is 46.2 Å². The normalized spacial score (nSPS) is 11.3. The minimum absolute atomic E-state index is 0.283. The molecule has 0 saturated carbocycles. The smallest absolute Gasteiger partial charge is 0.264 e. The highest BCUT2D eigenvalue weighted by molar-refractivity contribution is 9.08. The number of sulfonamides is 1. The predicted octanol–water partition coefficient (Wildman–Crippen LogP) is 3.66. The zero-order valence-electron chi connectivity index (χ0n) is 10.1. The monoisotopic (exact) mass is 361 g/mol. The largest absolute Gasteiger partial charge is 0.280 e. The summed E-state index contributed by atoms with van der Waals surface area (Å²) in [5, 5.41) is 0.552. The van der Waals surface area contributed by atoms with Crippen LogP contribution in [-0.2, 0) is 15.4 Å². The molecule has 0 saturated heterocycles. The lowest BCUT2D eigenvalue weighted by molar-refractivity contribution is 0.555. The lowest BCUT2D eigenvalue weighted by Gasteiger charge is -2.09. The quantitative estimate of drug-likeness (QED) is 0.844. The van der Waals surface area contributed by atoms with Crippen molar-refractivity contribution in [2.24, 2.45) is 0 Å². The molecule has 0 aliphatic rings. The van der Waals surface area contributed by atoms with Gasteiger partial charge in [0.25, 0.3) is 10.0 Å². The van der Waals surface area contributed by atoms with Crippen LogP contribution in [0.25, 0.3) is 0 Å². The van der Waals surface area contributed by atoms with Crippen molar-refractivity contribution in [1.82, 2.24) is 0 Å². The average Bonchev–Trinajstić information content (AvgIpc) is 2.41. The number of hydrogen-bond donors (Lipinski definition) is 1. The van der Waals surface area contributed by atoms with Crippen molar-refractivity contribution >= 4 is 31.6 Å². The first-order valence-corrected chi connectivity index (χ1v) is 8.15. The molecule has 1 N–H and O–H groups in total. The van der Waals surface area contributed by atoms with Crippen LogP contribution in [0.5, 0.6) is 0 Å². The molecule has 0 heterocycles. The van der Waals surface area contributed by atoms with Crippen LogP contribution in [-0.4, -0.2) is 8.42 Å². The molecule has 106 valence electrons. The molecule has 2 aromatic rings. The van der Waals surface area contributed by atoms with Crippen molar-refractivity contribution in [3.8, 4) is 0 Å². The third-order valence-corrected chi connectivity index (χ3v) is 4.56. The van der Waals surface area contributed by atoms with Crippen LogP contribution in [0.1, 0.15) is 5.56 Å². The van der Waals surface area contributed by atoms with Gasteiger partial charge in [-0.2, -0.15) is 0 Å². The number of hydrogen-bond acceptors (Lipinski definition) is 2. The summed E-state index contributed by atoms with van der Waals surface area (Å²) < 4.78 is 52.9. The maximum Gasteiger partial charge on any atom is 0.264 e. The molecule has 2 rings (SSSR count). The number of halogens is 3. The van der Waals surface area contributed by atoms with Crippen LogP contribution in [0.15, 0.2) is 47.4 Å². The van der Waals surface area contributed by atoms with Crippen molar-refractivity contribution < 1.29 is 17.2 Å². The molecule has 0 spiro atoms. The fourth-order valence-electron chi connectivity index (χ4n) is 1.61. The number of nitrogens with one attached hydrogen (secondary N) is 1. The molecular weight excluding hydrogens is 352 g/mol. The van der Waals surface area contributed by atoms with Gasteiger partial charge in [0.2, 0.25) is 0 Å². The molecule has 20 heavy (non-hydrogen) atoms. The van der Waals surface area contributed by atoms with E-state index in [1.165, 1.54) is 6.07 Å². The summed E-state index contributed by atoms with van der Waals surface area (Å²) in [7, 11) is -4.17. The molecule has 0 radical (unpaired) electrons. The van der Waals surface area contributed by atoms with Crippen molar-refractivity contribution in [2.45, 2.75) is 10.2 Å². The summed E-state index contributed by atoms with van der Waals surface area (Å²) >= 11 is 3.25. The number of rotatable bonds is 4. The van der Waals surface area contributed by atoms with Gasteiger partial charge in [0, 0.05) is 11.0 Å². The Balaban J connectivity index is 2.38. The van der Waals surface area contributed by atoms with E-state index < -0.39 is 26.6 Å². The Labute approximate surface area is 123 Å². The third-order valence-electron chi connectivity index (χ3n) is 2.52. The van der Waals surface area contributed by atoms with Crippen LogP contribution in [0.3, 0.4) is 0 Å². The molecule has 0 aromatic heterocycles. The van der Waals surface area contributed by atoms with E-state index in [1.54, 1.807) is 18.2 Å². The molecule has 0 unspecified atom stereocenters. The molecule has 2 aromatic carbocycles. The molecule has 0 aliphatic heterocycles. The Morgan fingerprint density at radius 2 is 1.85 bits per heavy atom. The van der Waals surface area contributed by atoms with Gasteiger partial charge in [-0.15, -0.1) is 0 Å². The Morgan fingerprint density at radius 1 is 1.10 bits per heavy atom. The van der Waals surface area contributed by atoms with E-state index in [1.807, 2.05) is 0 Å². The van der Waals surface area contributed by atoms with Gasteiger partial charge < -0.3 is 0 Å².